The highest BCUT2D eigenvalue weighted by molar-refractivity contribution is 7.32. The van der Waals surface area contributed by atoms with Crippen molar-refractivity contribution in [1.29, 1.82) is 0 Å². The molecule has 0 unspecified atom stereocenters. The smallest absolute Gasteiger partial charge is 0.343 e. The molecule has 0 amide bonds. The van der Waals surface area contributed by atoms with Crippen molar-refractivity contribution in [3.8, 4) is 33.4 Å². The van der Waals surface area contributed by atoms with Crippen LogP contribution in [0.25, 0.3) is 43.5 Å². The summed E-state index contributed by atoms with van der Waals surface area (Å²) in [6.45, 7) is 25.8. The molecule has 1 aromatic heterocycles. The van der Waals surface area contributed by atoms with E-state index in [0.29, 0.717) is 0 Å². The standard InChI is InChI=1S/C59H57BN2S/c1-56(2,3)37-25-28-40(29-26-37)62-53-41(30-31-47-51(53)42-21-15-17-23-46(42)59(47,10)11)45-34-39(58(7,8)9)35-49-52(45)60(62)55-54(43-22-16-18-24-50(43)63-55)61(49)48-32-27-38(57(4,5)6)33-44(48)36-19-13-12-14-20-36/h12-35H,1-11H3. The van der Waals surface area contributed by atoms with Crippen LogP contribution in [-0.4, -0.2) is 6.85 Å². The van der Waals surface area contributed by atoms with Gasteiger partial charge in [0.1, 0.15) is 0 Å². The Morgan fingerprint density at radius 1 is 0.492 bits per heavy atom. The van der Waals surface area contributed by atoms with Crippen molar-refractivity contribution in [3.05, 3.63) is 173 Å². The van der Waals surface area contributed by atoms with E-state index >= 15 is 0 Å². The van der Waals surface area contributed by atoms with Gasteiger partial charge in [-0.15, -0.1) is 11.3 Å². The Hall–Kier alpha value is -5.84. The largest absolute Gasteiger partial charge is 0.375 e. The van der Waals surface area contributed by atoms with E-state index < -0.39 is 0 Å². The number of anilines is 5. The molecule has 3 aliphatic rings. The Bertz CT molecular complexity index is 3150. The predicted molar refractivity (Wildman–Crippen MR) is 275 cm³/mol. The molecule has 312 valence electrons. The molecule has 0 spiro atoms. The molecule has 8 aromatic rings. The maximum atomic E-state index is 2.76. The molecule has 4 heteroatoms. The molecule has 2 aliphatic heterocycles. The zero-order valence-corrected chi connectivity index (χ0v) is 39.6. The van der Waals surface area contributed by atoms with Crippen LogP contribution in [0.1, 0.15) is 104 Å². The van der Waals surface area contributed by atoms with Gasteiger partial charge in [0.25, 0.3) is 0 Å². The number of thiophene rings is 1. The van der Waals surface area contributed by atoms with Gasteiger partial charge in [-0.1, -0.05) is 185 Å². The molecule has 2 nitrogen and oxygen atoms in total. The van der Waals surface area contributed by atoms with Crippen LogP contribution in [0.3, 0.4) is 0 Å². The molecule has 1 aliphatic carbocycles. The number of hydrogen-bond acceptors (Lipinski definition) is 3. The molecule has 0 N–H and O–H groups in total. The average Bonchev–Trinajstić information content (AvgIpc) is 3.75. The Balaban J connectivity index is 1.31. The highest BCUT2D eigenvalue weighted by Crippen LogP contribution is 2.59. The summed E-state index contributed by atoms with van der Waals surface area (Å²) in [6, 6.07) is 56.2. The normalized spacial score (nSPS) is 14.9. The average molecular weight is 837 g/mol. The first-order valence-electron chi connectivity index (χ1n) is 22.8. The molecule has 11 rings (SSSR count). The molecular weight excluding hydrogens is 780 g/mol. The van der Waals surface area contributed by atoms with Crippen LogP contribution >= 0.6 is 11.3 Å². The molecule has 7 aromatic carbocycles. The second-order valence-electron chi connectivity index (χ2n) is 21.8. The molecule has 3 heterocycles. The van der Waals surface area contributed by atoms with Gasteiger partial charge in [-0.3, -0.25) is 0 Å². The fourth-order valence-electron chi connectivity index (χ4n) is 10.8. The van der Waals surface area contributed by atoms with Crippen molar-refractivity contribution in [2.45, 2.75) is 97.8 Å². The molecule has 0 atom stereocenters. The summed E-state index contributed by atoms with van der Waals surface area (Å²) in [6.07, 6.45) is 0. The van der Waals surface area contributed by atoms with Gasteiger partial charge in [-0.05, 0) is 103 Å². The van der Waals surface area contributed by atoms with E-state index in [1.807, 2.05) is 11.3 Å². The fourth-order valence-corrected chi connectivity index (χ4v) is 12.1. The summed E-state index contributed by atoms with van der Waals surface area (Å²) < 4.78 is 2.69. The molecule has 0 fully saturated rings. The van der Waals surface area contributed by atoms with Crippen LogP contribution in [0, 0.1) is 0 Å². The van der Waals surface area contributed by atoms with E-state index in [2.05, 4.69) is 231 Å². The Kier molecular flexibility index (Phi) is 8.62. The van der Waals surface area contributed by atoms with Crippen LogP contribution in [0.2, 0.25) is 0 Å². The van der Waals surface area contributed by atoms with Crippen molar-refractivity contribution >= 4 is 66.9 Å². The Morgan fingerprint density at radius 2 is 1.13 bits per heavy atom. The first-order chi connectivity index (χ1) is 29.9. The van der Waals surface area contributed by atoms with E-state index in [-0.39, 0.29) is 28.5 Å². The highest BCUT2D eigenvalue weighted by atomic mass is 32.1. The minimum Gasteiger partial charge on any atom is -0.375 e. The third-order valence-electron chi connectivity index (χ3n) is 14.3. The second-order valence-corrected chi connectivity index (χ2v) is 22.9. The maximum absolute atomic E-state index is 2.76. The van der Waals surface area contributed by atoms with Gasteiger partial charge in [-0.2, -0.15) is 0 Å². The van der Waals surface area contributed by atoms with E-state index in [9.17, 15) is 0 Å². The van der Waals surface area contributed by atoms with Crippen molar-refractivity contribution in [3.63, 3.8) is 0 Å². The predicted octanol–water partition coefficient (Wildman–Crippen LogP) is 15.5. The van der Waals surface area contributed by atoms with Crippen LogP contribution < -0.4 is 20.0 Å². The lowest BCUT2D eigenvalue weighted by molar-refractivity contribution is 0.590. The lowest BCUT2D eigenvalue weighted by Crippen LogP contribution is -2.61. The summed E-state index contributed by atoms with van der Waals surface area (Å²) in [5.74, 6) is 0. The quantitative estimate of drug-likeness (QED) is 0.164. The summed E-state index contributed by atoms with van der Waals surface area (Å²) in [4.78, 5) is 5.43. The third-order valence-corrected chi connectivity index (χ3v) is 15.5. The van der Waals surface area contributed by atoms with Crippen LogP contribution in [0.5, 0.6) is 0 Å². The second kappa shape index (κ2) is 13.6. The van der Waals surface area contributed by atoms with Crippen molar-refractivity contribution in [2.24, 2.45) is 0 Å². The molecule has 63 heavy (non-hydrogen) atoms. The van der Waals surface area contributed by atoms with Crippen molar-refractivity contribution in [2.75, 3.05) is 9.71 Å². The number of rotatable bonds is 3. The van der Waals surface area contributed by atoms with Gasteiger partial charge in [0.2, 0.25) is 0 Å². The fraction of sp³-hybridized carbons (Fsp3) is 0.254. The van der Waals surface area contributed by atoms with E-state index in [0.717, 1.165) is 0 Å². The van der Waals surface area contributed by atoms with Gasteiger partial charge >= 0.3 is 6.85 Å². The first kappa shape index (κ1) is 40.0. The SMILES string of the molecule is CC(C)(C)c1ccc(N2B3c4sc5ccccc5c4N(c4ccc(C(C)(C)C)cc4-c4ccccc4)c4cc(C(C)(C)C)cc(c43)-c3ccc4c(c32)-c2ccccc2C4(C)C)cc1. The molecule has 0 radical (unpaired) electrons. The van der Waals surface area contributed by atoms with E-state index in [1.54, 1.807) is 0 Å². The van der Waals surface area contributed by atoms with Gasteiger partial charge in [0.15, 0.2) is 0 Å². The Morgan fingerprint density at radius 3 is 1.84 bits per heavy atom. The number of fused-ring (bicyclic) bond motifs is 10. The highest BCUT2D eigenvalue weighted by Gasteiger charge is 2.50. The lowest BCUT2D eigenvalue weighted by atomic mass is 9.46. The molecule has 0 bridgehead atoms. The molecule has 0 saturated carbocycles. The zero-order chi connectivity index (χ0) is 44.0. The van der Waals surface area contributed by atoms with Crippen LogP contribution in [-0.2, 0) is 21.7 Å². The molecule has 0 saturated heterocycles. The van der Waals surface area contributed by atoms with Crippen molar-refractivity contribution in [1.82, 2.24) is 0 Å². The van der Waals surface area contributed by atoms with Gasteiger partial charge in [0, 0.05) is 54.0 Å². The summed E-state index contributed by atoms with van der Waals surface area (Å²) in [7, 11) is 0. The van der Waals surface area contributed by atoms with E-state index in [4.69, 9.17) is 0 Å². The number of benzene rings is 7. The monoisotopic (exact) mass is 836 g/mol. The zero-order valence-electron chi connectivity index (χ0n) is 38.7. The maximum Gasteiger partial charge on any atom is 0.343 e. The Labute approximate surface area is 379 Å². The van der Waals surface area contributed by atoms with Gasteiger partial charge < -0.3 is 9.71 Å². The molecular formula is C59H57BN2S. The number of hydrogen-bond donors (Lipinski definition) is 0. The first-order valence-corrected chi connectivity index (χ1v) is 23.6. The minimum absolute atomic E-state index is 0.0131. The van der Waals surface area contributed by atoms with E-state index in [1.165, 1.54) is 110 Å². The topological polar surface area (TPSA) is 6.48 Å². The number of nitrogens with zero attached hydrogens (tertiary/aromatic N) is 2. The summed E-state index contributed by atoms with van der Waals surface area (Å²) in [5.41, 5.74) is 22.1. The summed E-state index contributed by atoms with van der Waals surface area (Å²) in [5, 5.41) is 1.29. The van der Waals surface area contributed by atoms with Crippen LogP contribution in [0.4, 0.5) is 28.4 Å². The third kappa shape index (κ3) is 5.97. The lowest BCUT2D eigenvalue weighted by Gasteiger charge is -2.46. The van der Waals surface area contributed by atoms with Crippen molar-refractivity contribution < 1.29 is 0 Å². The van der Waals surface area contributed by atoms with Gasteiger partial charge in [0.05, 0.1) is 11.4 Å². The van der Waals surface area contributed by atoms with Crippen LogP contribution in [0.15, 0.2) is 146 Å². The van der Waals surface area contributed by atoms with Gasteiger partial charge in [-0.25, -0.2) is 0 Å². The summed E-state index contributed by atoms with van der Waals surface area (Å²) >= 11 is 1.97. The minimum atomic E-state index is -0.138.